The van der Waals surface area contributed by atoms with Gasteiger partial charge in [0.2, 0.25) is 0 Å². The van der Waals surface area contributed by atoms with Crippen molar-refractivity contribution in [3.05, 3.63) is 78.0 Å². The van der Waals surface area contributed by atoms with Crippen LogP contribution in [0.1, 0.15) is 35.7 Å². The molecule has 0 bridgehead atoms. The Morgan fingerprint density at radius 3 is 2.75 bits per heavy atom. The zero-order chi connectivity index (χ0) is 22.5. The van der Waals surface area contributed by atoms with Gasteiger partial charge >= 0.3 is 6.03 Å². The summed E-state index contributed by atoms with van der Waals surface area (Å²) in [6.45, 7) is 2.56. The standard InChI is InChI=1S/C24H22FN5O2/c1-2-3-9-27-24(32)30-16-7-8-20(25)18(12-16)22(31)19-14-29-23-17(19)11-15(13-28-23)21-6-4-5-10-26-21/h4-8,10-14H,2-3,9H2,1H3,(H,28,29)(H2,27,30,32). The summed E-state index contributed by atoms with van der Waals surface area (Å²) in [4.78, 5) is 36.8. The molecule has 3 heterocycles. The van der Waals surface area contributed by atoms with Crippen LogP contribution in [0.3, 0.4) is 0 Å². The second-order valence-corrected chi connectivity index (χ2v) is 7.30. The number of nitrogens with one attached hydrogen (secondary N) is 3. The van der Waals surface area contributed by atoms with Gasteiger partial charge in [0.1, 0.15) is 11.5 Å². The third-order valence-electron chi connectivity index (χ3n) is 5.02. The first kappa shape index (κ1) is 21.2. The van der Waals surface area contributed by atoms with Gasteiger partial charge in [0.05, 0.1) is 11.3 Å². The number of carbonyl (C=O) groups excluding carboxylic acids is 2. The molecule has 3 N–H and O–H groups in total. The number of fused-ring (bicyclic) bond motifs is 1. The molecule has 162 valence electrons. The van der Waals surface area contributed by atoms with E-state index >= 15 is 0 Å². The molecule has 2 amide bonds. The number of rotatable bonds is 7. The molecule has 0 aliphatic rings. The maximum Gasteiger partial charge on any atom is 0.319 e. The smallest absolute Gasteiger partial charge is 0.319 e. The predicted molar refractivity (Wildman–Crippen MR) is 121 cm³/mol. The lowest BCUT2D eigenvalue weighted by molar-refractivity contribution is 0.103. The largest absolute Gasteiger partial charge is 0.345 e. The number of nitrogens with zero attached hydrogens (tertiary/aromatic N) is 2. The van der Waals surface area contributed by atoms with Gasteiger partial charge in [-0.05, 0) is 42.8 Å². The summed E-state index contributed by atoms with van der Waals surface area (Å²) < 4.78 is 14.6. The van der Waals surface area contributed by atoms with Crippen LogP contribution in [0, 0.1) is 5.82 Å². The average Bonchev–Trinajstić information content (AvgIpc) is 3.24. The molecule has 32 heavy (non-hydrogen) atoms. The maximum absolute atomic E-state index is 14.6. The highest BCUT2D eigenvalue weighted by atomic mass is 19.1. The van der Waals surface area contributed by atoms with Crippen LogP contribution in [-0.2, 0) is 0 Å². The zero-order valence-corrected chi connectivity index (χ0v) is 17.5. The van der Waals surface area contributed by atoms with E-state index in [0.29, 0.717) is 29.0 Å². The van der Waals surface area contributed by atoms with Gasteiger partial charge in [0, 0.05) is 47.3 Å². The molecule has 0 radical (unpaired) electrons. The molecule has 0 aliphatic heterocycles. The van der Waals surface area contributed by atoms with Crippen LogP contribution in [0.25, 0.3) is 22.3 Å². The van der Waals surface area contributed by atoms with Gasteiger partial charge in [-0.1, -0.05) is 19.4 Å². The Balaban J connectivity index is 1.63. The van der Waals surface area contributed by atoms with Crippen molar-refractivity contribution in [2.45, 2.75) is 19.8 Å². The van der Waals surface area contributed by atoms with E-state index in [1.165, 1.54) is 24.4 Å². The minimum absolute atomic E-state index is 0.138. The molecule has 0 aliphatic carbocycles. The second-order valence-electron chi connectivity index (χ2n) is 7.30. The predicted octanol–water partition coefficient (Wildman–Crippen LogP) is 4.92. The van der Waals surface area contributed by atoms with E-state index in [4.69, 9.17) is 0 Å². The lowest BCUT2D eigenvalue weighted by Gasteiger charge is -2.09. The summed E-state index contributed by atoms with van der Waals surface area (Å²) in [5, 5.41) is 5.92. The molecule has 0 spiro atoms. The molecule has 0 saturated heterocycles. The number of H-pyrrole nitrogens is 1. The Bertz CT molecular complexity index is 1270. The maximum atomic E-state index is 14.6. The number of anilines is 1. The highest BCUT2D eigenvalue weighted by Crippen LogP contribution is 2.26. The molecular weight excluding hydrogens is 409 g/mol. The van der Waals surface area contributed by atoms with Crippen molar-refractivity contribution in [2.75, 3.05) is 11.9 Å². The minimum atomic E-state index is -0.671. The van der Waals surface area contributed by atoms with Crippen molar-refractivity contribution in [1.82, 2.24) is 20.3 Å². The summed E-state index contributed by atoms with van der Waals surface area (Å²) in [5.41, 5.74) is 2.45. The Hall–Kier alpha value is -4.07. The number of amides is 2. The van der Waals surface area contributed by atoms with Gasteiger partial charge in [0.15, 0.2) is 5.78 Å². The van der Waals surface area contributed by atoms with E-state index < -0.39 is 17.6 Å². The number of carbonyl (C=O) groups is 2. The van der Waals surface area contributed by atoms with Crippen molar-refractivity contribution < 1.29 is 14.0 Å². The van der Waals surface area contributed by atoms with Gasteiger partial charge in [-0.2, -0.15) is 0 Å². The van der Waals surface area contributed by atoms with Gasteiger partial charge in [-0.3, -0.25) is 9.78 Å². The first-order valence-corrected chi connectivity index (χ1v) is 10.3. The van der Waals surface area contributed by atoms with Gasteiger partial charge in [-0.15, -0.1) is 0 Å². The number of halogens is 1. The summed E-state index contributed by atoms with van der Waals surface area (Å²) in [6, 6.07) is 10.8. The van der Waals surface area contributed by atoms with E-state index in [0.717, 1.165) is 18.4 Å². The second kappa shape index (κ2) is 9.38. The molecule has 0 unspecified atom stereocenters. The number of benzene rings is 1. The van der Waals surface area contributed by atoms with Crippen molar-refractivity contribution in [1.29, 1.82) is 0 Å². The van der Waals surface area contributed by atoms with Crippen molar-refractivity contribution >= 4 is 28.5 Å². The quantitative estimate of drug-likeness (QED) is 0.286. The summed E-state index contributed by atoms with van der Waals surface area (Å²) >= 11 is 0. The van der Waals surface area contributed by atoms with Crippen LogP contribution in [0.15, 0.2) is 61.1 Å². The molecule has 3 aromatic heterocycles. The van der Waals surface area contributed by atoms with Crippen LogP contribution in [0.4, 0.5) is 14.9 Å². The Morgan fingerprint density at radius 2 is 1.97 bits per heavy atom. The first-order chi connectivity index (χ1) is 15.6. The highest BCUT2D eigenvalue weighted by Gasteiger charge is 2.20. The molecule has 7 nitrogen and oxygen atoms in total. The minimum Gasteiger partial charge on any atom is -0.345 e. The number of urea groups is 1. The molecule has 0 fully saturated rings. The van der Waals surface area contributed by atoms with E-state index in [-0.39, 0.29) is 11.1 Å². The molecular formula is C24H22FN5O2. The van der Waals surface area contributed by atoms with Crippen molar-refractivity contribution in [3.63, 3.8) is 0 Å². The molecule has 0 saturated carbocycles. The van der Waals surface area contributed by atoms with Gasteiger partial charge in [-0.25, -0.2) is 14.2 Å². The highest BCUT2D eigenvalue weighted by molar-refractivity contribution is 6.16. The third-order valence-corrected chi connectivity index (χ3v) is 5.02. The van der Waals surface area contributed by atoms with Crippen LogP contribution >= 0.6 is 0 Å². The Labute approximate surface area is 184 Å². The van der Waals surface area contributed by atoms with Crippen LogP contribution in [0.2, 0.25) is 0 Å². The molecule has 4 aromatic rings. The van der Waals surface area contributed by atoms with Gasteiger partial charge < -0.3 is 15.6 Å². The zero-order valence-electron chi connectivity index (χ0n) is 17.5. The number of pyridine rings is 2. The first-order valence-electron chi connectivity index (χ1n) is 10.3. The van der Waals surface area contributed by atoms with Crippen molar-refractivity contribution in [2.24, 2.45) is 0 Å². The number of unbranched alkanes of at least 4 members (excludes halogenated alkanes) is 1. The molecule has 0 atom stereocenters. The van der Waals surface area contributed by atoms with Crippen LogP contribution in [-0.4, -0.2) is 33.3 Å². The number of hydrogen-bond donors (Lipinski definition) is 3. The summed E-state index contributed by atoms with van der Waals surface area (Å²) in [5.74, 6) is -1.18. The van der Waals surface area contributed by atoms with Gasteiger partial charge in [0.25, 0.3) is 0 Å². The fourth-order valence-electron chi connectivity index (χ4n) is 3.34. The van der Waals surface area contributed by atoms with Crippen LogP contribution < -0.4 is 10.6 Å². The molecule has 4 rings (SSSR count). The Kier molecular flexibility index (Phi) is 6.21. The van der Waals surface area contributed by atoms with E-state index in [1.807, 2.05) is 25.1 Å². The van der Waals surface area contributed by atoms with Crippen LogP contribution in [0.5, 0.6) is 0 Å². The lowest BCUT2D eigenvalue weighted by Crippen LogP contribution is -2.29. The number of hydrogen-bond acceptors (Lipinski definition) is 4. The average molecular weight is 431 g/mol. The van der Waals surface area contributed by atoms with E-state index in [2.05, 4.69) is 25.6 Å². The fourth-order valence-corrected chi connectivity index (χ4v) is 3.34. The normalized spacial score (nSPS) is 10.8. The third kappa shape index (κ3) is 4.49. The summed E-state index contributed by atoms with van der Waals surface area (Å²) in [6.07, 6.45) is 6.67. The van der Waals surface area contributed by atoms with Crippen molar-refractivity contribution in [3.8, 4) is 11.3 Å². The topological polar surface area (TPSA) is 99.8 Å². The van der Waals surface area contributed by atoms with E-state index in [9.17, 15) is 14.0 Å². The molecule has 8 heteroatoms. The Morgan fingerprint density at radius 1 is 1.09 bits per heavy atom. The number of aromatic nitrogens is 3. The van der Waals surface area contributed by atoms with E-state index in [1.54, 1.807) is 18.5 Å². The SMILES string of the molecule is CCCCNC(=O)Nc1ccc(F)c(C(=O)c2c[nH]c3ncc(-c4ccccn4)cc23)c1. The molecule has 1 aromatic carbocycles. The monoisotopic (exact) mass is 431 g/mol. The fraction of sp³-hybridized carbons (Fsp3) is 0.167. The number of ketones is 1. The number of aromatic amines is 1. The summed E-state index contributed by atoms with van der Waals surface area (Å²) in [7, 11) is 0. The lowest BCUT2D eigenvalue weighted by atomic mass is 10.0.